The molecule has 1 aliphatic heterocycles. The van der Waals surface area contributed by atoms with Crippen molar-refractivity contribution in [3.05, 3.63) is 29.3 Å². The fourth-order valence-electron chi connectivity index (χ4n) is 3.83. The highest BCUT2D eigenvalue weighted by atomic mass is 16.3. The minimum absolute atomic E-state index is 0.0870. The molecule has 1 fully saturated rings. The molecule has 1 aromatic carbocycles. The lowest BCUT2D eigenvalue weighted by molar-refractivity contribution is 0.0710. The van der Waals surface area contributed by atoms with Gasteiger partial charge in [-0.05, 0) is 74.9 Å². The van der Waals surface area contributed by atoms with Crippen LogP contribution in [0.3, 0.4) is 0 Å². The van der Waals surface area contributed by atoms with Crippen molar-refractivity contribution in [2.24, 2.45) is 11.1 Å². The molecule has 3 nitrogen and oxygen atoms in total. The molecule has 0 bridgehead atoms. The third kappa shape index (κ3) is 2.05. The lowest BCUT2D eigenvalue weighted by Gasteiger charge is -2.43. The third-order valence-electron chi connectivity index (χ3n) is 5.19. The van der Waals surface area contributed by atoms with E-state index in [4.69, 9.17) is 5.73 Å². The Bertz CT molecular complexity index is 476. The van der Waals surface area contributed by atoms with Crippen molar-refractivity contribution in [1.29, 1.82) is 0 Å². The average molecular weight is 260 g/mol. The highest BCUT2D eigenvalue weighted by Gasteiger charge is 2.46. The Kier molecular flexibility index (Phi) is 3.06. The van der Waals surface area contributed by atoms with E-state index >= 15 is 0 Å². The highest BCUT2D eigenvalue weighted by Crippen LogP contribution is 2.51. The van der Waals surface area contributed by atoms with E-state index in [1.165, 1.54) is 18.4 Å². The molecule has 0 aromatic heterocycles. The summed E-state index contributed by atoms with van der Waals surface area (Å²) in [5.74, 6) is 0.339. The first-order chi connectivity index (χ1) is 9.02. The van der Waals surface area contributed by atoms with Gasteiger partial charge in [0.15, 0.2) is 0 Å². The number of aromatic hydroxyl groups is 1. The maximum absolute atomic E-state index is 9.65. The summed E-state index contributed by atoms with van der Waals surface area (Å²) in [5, 5.41) is 9.65. The summed E-state index contributed by atoms with van der Waals surface area (Å²) in [6.45, 7) is 6.81. The number of phenols is 1. The van der Waals surface area contributed by atoms with Gasteiger partial charge in [0.2, 0.25) is 0 Å². The maximum Gasteiger partial charge on any atom is 0.115 e. The average Bonchev–Trinajstić information content (AvgIpc) is 2.64. The van der Waals surface area contributed by atoms with Crippen LogP contribution in [0.25, 0.3) is 0 Å². The van der Waals surface area contributed by atoms with Gasteiger partial charge in [0.1, 0.15) is 5.75 Å². The number of hydrogen-bond acceptors (Lipinski definition) is 3. The largest absolute Gasteiger partial charge is 0.508 e. The molecule has 1 aromatic rings. The molecule has 1 spiro atoms. The monoisotopic (exact) mass is 260 g/mol. The smallest absolute Gasteiger partial charge is 0.115 e. The van der Waals surface area contributed by atoms with Crippen LogP contribution in [0.5, 0.6) is 5.75 Å². The number of phenolic OH excluding ortho intramolecular Hbond substituents is 1. The quantitative estimate of drug-likeness (QED) is 0.815. The highest BCUT2D eigenvalue weighted by molar-refractivity contribution is 5.42. The molecule has 104 valence electrons. The molecule has 2 aliphatic rings. The third-order valence-corrected chi connectivity index (χ3v) is 5.19. The van der Waals surface area contributed by atoms with Gasteiger partial charge in [0.25, 0.3) is 0 Å². The van der Waals surface area contributed by atoms with Crippen molar-refractivity contribution < 1.29 is 5.11 Å². The predicted octanol–water partition coefficient (Wildman–Crippen LogP) is 2.44. The van der Waals surface area contributed by atoms with Gasteiger partial charge >= 0.3 is 0 Å². The van der Waals surface area contributed by atoms with Crippen LogP contribution < -0.4 is 5.73 Å². The number of hydrogen-bond donors (Lipinski definition) is 2. The topological polar surface area (TPSA) is 49.5 Å². The summed E-state index contributed by atoms with van der Waals surface area (Å²) in [7, 11) is 0. The summed E-state index contributed by atoms with van der Waals surface area (Å²) < 4.78 is 0. The van der Waals surface area contributed by atoms with Gasteiger partial charge in [-0.2, -0.15) is 0 Å². The molecule has 1 heterocycles. The van der Waals surface area contributed by atoms with Gasteiger partial charge in [0, 0.05) is 12.1 Å². The van der Waals surface area contributed by atoms with Crippen molar-refractivity contribution >= 4 is 0 Å². The molecule has 0 amide bonds. The van der Waals surface area contributed by atoms with Crippen LogP contribution >= 0.6 is 0 Å². The zero-order chi connectivity index (χ0) is 13.6. The van der Waals surface area contributed by atoms with E-state index in [0.717, 1.165) is 25.1 Å². The molecule has 0 radical (unpaired) electrons. The fourth-order valence-corrected chi connectivity index (χ4v) is 3.83. The molecular formula is C16H24N2O. The minimum Gasteiger partial charge on any atom is -0.508 e. The van der Waals surface area contributed by atoms with E-state index in [1.807, 2.05) is 12.1 Å². The van der Waals surface area contributed by atoms with Crippen molar-refractivity contribution in [3.8, 4) is 5.75 Å². The standard InChI is InChI=1S/C16H24N2O/c1-11(2)18-7-5-16(6-8-18)10-12-3-4-13(19)9-14(12)15(16)17/h3-4,9,11,15,19H,5-8,10,17H2,1-2H3/t15-/m1/s1. The van der Waals surface area contributed by atoms with Crippen LogP contribution in [0.2, 0.25) is 0 Å². The Balaban J connectivity index is 1.82. The van der Waals surface area contributed by atoms with Crippen LogP contribution in [0.1, 0.15) is 43.9 Å². The normalized spacial score (nSPS) is 26.0. The Morgan fingerprint density at radius 2 is 2.00 bits per heavy atom. The molecule has 3 N–H and O–H groups in total. The maximum atomic E-state index is 9.65. The number of piperidine rings is 1. The van der Waals surface area contributed by atoms with Gasteiger partial charge in [-0.1, -0.05) is 6.07 Å². The Labute approximate surface area is 115 Å². The summed E-state index contributed by atoms with van der Waals surface area (Å²) in [5.41, 5.74) is 9.24. The van der Waals surface area contributed by atoms with Crippen LogP contribution in [-0.2, 0) is 6.42 Å². The molecule has 1 saturated heterocycles. The first-order valence-electron chi connectivity index (χ1n) is 7.33. The summed E-state index contributed by atoms with van der Waals surface area (Å²) >= 11 is 0. The molecule has 19 heavy (non-hydrogen) atoms. The predicted molar refractivity (Wildman–Crippen MR) is 77.1 cm³/mol. The van der Waals surface area contributed by atoms with E-state index in [9.17, 15) is 5.11 Å². The first kappa shape index (κ1) is 12.9. The van der Waals surface area contributed by atoms with E-state index < -0.39 is 0 Å². The first-order valence-corrected chi connectivity index (χ1v) is 7.33. The molecule has 0 unspecified atom stereocenters. The van der Waals surface area contributed by atoms with Crippen LogP contribution in [-0.4, -0.2) is 29.1 Å². The molecule has 3 heteroatoms. The number of likely N-dealkylation sites (tertiary alicyclic amines) is 1. The number of nitrogens with zero attached hydrogens (tertiary/aromatic N) is 1. The van der Waals surface area contributed by atoms with E-state index in [0.29, 0.717) is 11.8 Å². The molecule has 1 aliphatic carbocycles. The Morgan fingerprint density at radius 3 is 2.63 bits per heavy atom. The van der Waals surface area contributed by atoms with E-state index in [2.05, 4.69) is 18.7 Å². The number of nitrogens with two attached hydrogens (primary N) is 1. The van der Waals surface area contributed by atoms with Crippen LogP contribution in [0, 0.1) is 5.41 Å². The minimum atomic E-state index is 0.0870. The van der Waals surface area contributed by atoms with Crippen molar-refractivity contribution in [2.75, 3.05) is 13.1 Å². The zero-order valence-corrected chi connectivity index (χ0v) is 11.9. The van der Waals surface area contributed by atoms with Crippen LogP contribution in [0.15, 0.2) is 18.2 Å². The van der Waals surface area contributed by atoms with Crippen molar-refractivity contribution in [3.63, 3.8) is 0 Å². The van der Waals surface area contributed by atoms with Gasteiger partial charge in [0.05, 0.1) is 0 Å². The number of fused-ring (bicyclic) bond motifs is 1. The lowest BCUT2D eigenvalue weighted by Crippen LogP contribution is -2.46. The van der Waals surface area contributed by atoms with Gasteiger partial charge in [-0.15, -0.1) is 0 Å². The van der Waals surface area contributed by atoms with Gasteiger partial charge in [-0.25, -0.2) is 0 Å². The summed E-state index contributed by atoms with van der Waals surface area (Å²) in [6.07, 6.45) is 3.42. The zero-order valence-electron chi connectivity index (χ0n) is 11.9. The number of benzene rings is 1. The van der Waals surface area contributed by atoms with Crippen molar-refractivity contribution in [2.45, 2.75) is 45.2 Å². The molecule has 0 saturated carbocycles. The van der Waals surface area contributed by atoms with E-state index in [-0.39, 0.29) is 11.5 Å². The second-order valence-electron chi connectivity index (χ2n) is 6.53. The Hall–Kier alpha value is -1.06. The second kappa shape index (κ2) is 4.50. The van der Waals surface area contributed by atoms with Gasteiger partial charge < -0.3 is 15.7 Å². The van der Waals surface area contributed by atoms with E-state index in [1.54, 1.807) is 6.07 Å². The SMILES string of the molecule is CC(C)N1CCC2(CC1)Cc1ccc(O)cc1[C@H]2N. The van der Waals surface area contributed by atoms with Crippen LogP contribution in [0.4, 0.5) is 0 Å². The Morgan fingerprint density at radius 1 is 1.32 bits per heavy atom. The molecular weight excluding hydrogens is 236 g/mol. The number of rotatable bonds is 1. The summed E-state index contributed by atoms with van der Waals surface area (Å²) in [6, 6.07) is 6.41. The molecule has 3 rings (SSSR count). The fraction of sp³-hybridized carbons (Fsp3) is 0.625. The summed E-state index contributed by atoms with van der Waals surface area (Å²) in [4.78, 5) is 2.54. The van der Waals surface area contributed by atoms with Gasteiger partial charge in [-0.3, -0.25) is 0 Å². The second-order valence-corrected chi connectivity index (χ2v) is 6.53. The molecule has 1 atom stereocenters. The lowest BCUT2D eigenvalue weighted by atomic mass is 9.73. The van der Waals surface area contributed by atoms with Crippen molar-refractivity contribution in [1.82, 2.24) is 4.90 Å².